The Morgan fingerprint density at radius 1 is 1.36 bits per heavy atom. The number of nitrogens with zero attached hydrogens (tertiary/aromatic N) is 4. The molecular weight excluding hydrogens is 296 g/mol. The molecule has 3 rings (SSSR count). The van der Waals surface area contributed by atoms with E-state index in [1.54, 1.807) is 0 Å². The first-order chi connectivity index (χ1) is 10.6. The number of halogens is 1. The van der Waals surface area contributed by atoms with Crippen molar-refractivity contribution < 1.29 is 0 Å². The monoisotopic (exact) mass is 318 g/mol. The molecule has 0 radical (unpaired) electrons. The first-order valence-electron chi connectivity index (χ1n) is 7.74. The van der Waals surface area contributed by atoms with Gasteiger partial charge in [-0.25, -0.2) is 4.98 Å². The number of fused-ring (bicyclic) bond motifs is 1. The first kappa shape index (κ1) is 15.5. The van der Waals surface area contributed by atoms with Crippen molar-refractivity contribution in [3.8, 4) is 0 Å². The average molecular weight is 319 g/mol. The molecule has 118 valence electrons. The van der Waals surface area contributed by atoms with E-state index >= 15 is 0 Å². The van der Waals surface area contributed by atoms with Gasteiger partial charge >= 0.3 is 0 Å². The predicted molar refractivity (Wildman–Crippen MR) is 90.0 cm³/mol. The van der Waals surface area contributed by atoms with Crippen LogP contribution in [0.2, 0.25) is 5.02 Å². The Bertz CT molecular complexity index is 623. The minimum Gasteiger partial charge on any atom is -0.329 e. The smallest absolute Gasteiger partial charge is 0.0951 e. The van der Waals surface area contributed by atoms with Gasteiger partial charge in [-0.2, -0.15) is 0 Å². The lowest BCUT2D eigenvalue weighted by molar-refractivity contribution is 0.165. The molecule has 5 heteroatoms. The molecule has 0 amide bonds. The number of imidazole rings is 1. The Balaban J connectivity index is 1.72. The minimum atomic E-state index is 0.493. The van der Waals surface area contributed by atoms with Crippen LogP contribution in [-0.2, 0) is 13.1 Å². The van der Waals surface area contributed by atoms with Crippen molar-refractivity contribution in [3.05, 3.63) is 53.1 Å². The molecule has 2 heterocycles. The lowest BCUT2D eigenvalue weighted by atomic mass is 10.1. The van der Waals surface area contributed by atoms with Crippen LogP contribution >= 0.6 is 11.6 Å². The van der Waals surface area contributed by atoms with Crippen molar-refractivity contribution in [1.29, 1.82) is 0 Å². The summed E-state index contributed by atoms with van der Waals surface area (Å²) in [5, 5.41) is 0.809. The molecule has 1 aliphatic heterocycles. The second kappa shape index (κ2) is 6.82. The Morgan fingerprint density at radius 2 is 2.23 bits per heavy atom. The normalized spacial score (nSPS) is 18.6. The molecule has 0 fully saturated rings. The third-order valence-electron chi connectivity index (χ3n) is 4.20. The first-order valence-corrected chi connectivity index (χ1v) is 8.12. The maximum absolute atomic E-state index is 6.10. The van der Waals surface area contributed by atoms with Crippen LogP contribution in [0.3, 0.4) is 0 Å². The van der Waals surface area contributed by atoms with Crippen LogP contribution in [0.25, 0.3) is 0 Å². The zero-order chi connectivity index (χ0) is 15.5. The van der Waals surface area contributed by atoms with Crippen molar-refractivity contribution >= 4 is 11.6 Å². The molecule has 1 atom stereocenters. The van der Waals surface area contributed by atoms with E-state index in [0.717, 1.165) is 37.6 Å². The van der Waals surface area contributed by atoms with Crippen LogP contribution in [-0.4, -0.2) is 46.5 Å². The van der Waals surface area contributed by atoms with Crippen molar-refractivity contribution in [2.45, 2.75) is 25.6 Å². The fourth-order valence-corrected chi connectivity index (χ4v) is 3.33. The fraction of sp³-hybridized carbons (Fsp3) is 0.471. The van der Waals surface area contributed by atoms with Crippen molar-refractivity contribution in [1.82, 2.24) is 19.4 Å². The van der Waals surface area contributed by atoms with Gasteiger partial charge in [0.05, 0.1) is 12.0 Å². The molecule has 0 N–H and O–H groups in total. The molecule has 0 saturated heterocycles. The number of hydrogen-bond donors (Lipinski definition) is 0. The Hall–Kier alpha value is -1.36. The Morgan fingerprint density at radius 3 is 3.00 bits per heavy atom. The van der Waals surface area contributed by atoms with Gasteiger partial charge in [-0.05, 0) is 44.8 Å². The molecule has 1 aromatic heterocycles. The van der Waals surface area contributed by atoms with E-state index in [4.69, 9.17) is 11.6 Å². The van der Waals surface area contributed by atoms with E-state index in [1.165, 1.54) is 11.3 Å². The molecule has 1 aromatic carbocycles. The van der Waals surface area contributed by atoms with E-state index in [9.17, 15) is 0 Å². The maximum atomic E-state index is 6.10. The summed E-state index contributed by atoms with van der Waals surface area (Å²) in [6, 6.07) is 8.65. The summed E-state index contributed by atoms with van der Waals surface area (Å²) in [6.45, 7) is 4.03. The summed E-state index contributed by atoms with van der Waals surface area (Å²) in [7, 11) is 4.25. The van der Waals surface area contributed by atoms with Gasteiger partial charge in [0.15, 0.2) is 0 Å². The second-order valence-corrected chi connectivity index (χ2v) is 6.77. The lowest BCUT2D eigenvalue weighted by Gasteiger charge is -2.35. The van der Waals surface area contributed by atoms with Crippen LogP contribution in [0.15, 0.2) is 36.8 Å². The lowest BCUT2D eigenvalue weighted by Crippen LogP contribution is -2.37. The molecule has 0 unspecified atom stereocenters. The van der Waals surface area contributed by atoms with Crippen LogP contribution < -0.4 is 0 Å². The zero-order valence-corrected chi connectivity index (χ0v) is 14.0. The van der Waals surface area contributed by atoms with Crippen LogP contribution in [0, 0.1) is 0 Å². The van der Waals surface area contributed by atoms with Crippen molar-refractivity contribution in [3.63, 3.8) is 0 Å². The highest BCUT2D eigenvalue weighted by atomic mass is 35.5. The van der Waals surface area contributed by atoms with Gasteiger partial charge in [-0.15, -0.1) is 0 Å². The Labute approximate surface area is 137 Å². The van der Waals surface area contributed by atoms with Gasteiger partial charge in [0.25, 0.3) is 0 Å². The largest absolute Gasteiger partial charge is 0.329 e. The van der Waals surface area contributed by atoms with Gasteiger partial charge in [-0.3, -0.25) is 4.90 Å². The quantitative estimate of drug-likeness (QED) is 0.847. The van der Waals surface area contributed by atoms with Gasteiger partial charge in [-0.1, -0.05) is 23.7 Å². The number of rotatable bonds is 5. The molecule has 22 heavy (non-hydrogen) atoms. The summed E-state index contributed by atoms with van der Waals surface area (Å²) < 4.78 is 2.35. The predicted octanol–water partition coefficient (Wildman–Crippen LogP) is 3.05. The number of benzene rings is 1. The molecule has 0 aliphatic carbocycles. The molecule has 0 spiro atoms. The third kappa shape index (κ3) is 3.69. The number of aromatic nitrogens is 2. The summed E-state index contributed by atoms with van der Waals surface area (Å²) in [4.78, 5) is 9.07. The van der Waals surface area contributed by atoms with E-state index in [0.29, 0.717) is 6.04 Å². The SMILES string of the molecule is CN(C)CC[C@H]1CN(Cc2cccc(Cl)c2)Cc2cncn21. The second-order valence-electron chi connectivity index (χ2n) is 6.34. The van der Waals surface area contributed by atoms with Crippen molar-refractivity contribution in [2.75, 3.05) is 27.2 Å². The summed E-state index contributed by atoms with van der Waals surface area (Å²) in [5.41, 5.74) is 2.57. The highest BCUT2D eigenvalue weighted by Gasteiger charge is 2.24. The van der Waals surface area contributed by atoms with Gasteiger partial charge < -0.3 is 9.47 Å². The van der Waals surface area contributed by atoms with Crippen LogP contribution in [0.1, 0.15) is 23.7 Å². The molecular formula is C17H23ClN4. The topological polar surface area (TPSA) is 24.3 Å². The third-order valence-corrected chi connectivity index (χ3v) is 4.43. The van der Waals surface area contributed by atoms with Crippen LogP contribution in [0.4, 0.5) is 0 Å². The summed E-state index contributed by atoms with van der Waals surface area (Å²) in [5.74, 6) is 0. The minimum absolute atomic E-state index is 0.493. The van der Waals surface area contributed by atoms with E-state index < -0.39 is 0 Å². The standard InChI is InChI=1S/C17H23ClN4/c1-20(2)7-6-16-11-21(12-17-9-19-13-22(16)17)10-14-4-3-5-15(18)8-14/h3-5,8-9,13,16H,6-7,10-12H2,1-2H3/t16-/m0/s1. The van der Waals surface area contributed by atoms with Gasteiger partial charge in [0.2, 0.25) is 0 Å². The Kier molecular flexibility index (Phi) is 4.81. The van der Waals surface area contributed by atoms with E-state index in [2.05, 4.69) is 45.6 Å². The van der Waals surface area contributed by atoms with Gasteiger partial charge in [0.1, 0.15) is 0 Å². The van der Waals surface area contributed by atoms with E-state index in [1.807, 2.05) is 24.7 Å². The van der Waals surface area contributed by atoms with Gasteiger partial charge in [0, 0.05) is 36.9 Å². The molecule has 1 aliphatic rings. The van der Waals surface area contributed by atoms with Crippen LogP contribution in [0.5, 0.6) is 0 Å². The molecule has 0 saturated carbocycles. The summed E-state index contributed by atoms with van der Waals surface area (Å²) >= 11 is 6.10. The fourth-order valence-electron chi connectivity index (χ4n) is 3.11. The van der Waals surface area contributed by atoms with E-state index in [-0.39, 0.29) is 0 Å². The maximum Gasteiger partial charge on any atom is 0.0951 e. The highest BCUT2D eigenvalue weighted by molar-refractivity contribution is 6.30. The molecule has 4 nitrogen and oxygen atoms in total. The van der Waals surface area contributed by atoms with Crippen molar-refractivity contribution in [2.24, 2.45) is 0 Å². The number of hydrogen-bond acceptors (Lipinski definition) is 3. The molecule has 0 bridgehead atoms. The zero-order valence-electron chi connectivity index (χ0n) is 13.2. The average Bonchev–Trinajstić information content (AvgIpc) is 2.93. The summed E-state index contributed by atoms with van der Waals surface area (Å²) in [6.07, 6.45) is 5.11. The highest BCUT2D eigenvalue weighted by Crippen LogP contribution is 2.25. The molecule has 2 aromatic rings.